The maximum Gasteiger partial charge on any atom is 0.227 e. The number of nitrogens with one attached hydrogen (secondary N) is 1. The number of H-pyrrole nitrogens is 1. The molecule has 0 spiro atoms. The lowest BCUT2D eigenvalue weighted by molar-refractivity contribution is -0.132. The summed E-state index contributed by atoms with van der Waals surface area (Å²) in [4.78, 5) is 21.6. The van der Waals surface area contributed by atoms with Gasteiger partial charge >= 0.3 is 0 Å². The van der Waals surface area contributed by atoms with E-state index in [1.54, 1.807) is 30.5 Å². The van der Waals surface area contributed by atoms with Crippen molar-refractivity contribution in [2.24, 2.45) is 0 Å². The number of amides is 1. The van der Waals surface area contributed by atoms with Crippen LogP contribution < -0.4 is 0 Å². The highest BCUT2D eigenvalue weighted by Gasteiger charge is 2.37. The molecule has 1 aromatic carbocycles. The normalized spacial score (nSPS) is 20.9. The van der Waals surface area contributed by atoms with E-state index in [2.05, 4.69) is 9.97 Å². The number of ether oxygens (including phenoxy) is 1. The van der Waals surface area contributed by atoms with Crippen molar-refractivity contribution < 1.29 is 13.9 Å². The zero-order valence-electron chi connectivity index (χ0n) is 12.6. The van der Waals surface area contributed by atoms with Gasteiger partial charge in [0.1, 0.15) is 11.6 Å². The Balaban J connectivity index is 1.82. The lowest BCUT2D eigenvalue weighted by atomic mass is 10.1. The molecule has 1 aromatic heterocycles. The van der Waals surface area contributed by atoms with Gasteiger partial charge in [-0.15, -0.1) is 0 Å². The Morgan fingerprint density at radius 1 is 1.57 bits per heavy atom. The Morgan fingerprint density at radius 3 is 3.04 bits per heavy atom. The van der Waals surface area contributed by atoms with Gasteiger partial charge in [0.2, 0.25) is 5.91 Å². The number of benzene rings is 1. The highest BCUT2D eigenvalue weighted by Crippen LogP contribution is 2.32. The van der Waals surface area contributed by atoms with E-state index in [0.29, 0.717) is 18.8 Å². The van der Waals surface area contributed by atoms with Crippen LogP contribution >= 0.6 is 11.6 Å². The molecule has 1 amide bonds. The number of hydrogen-bond donors (Lipinski definition) is 1. The van der Waals surface area contributed by atoms with E-state index in [0.717, 1.165) is 0 Å². The molecule has 1 N–H and O–H groups in total. The molecule has 3 rings (SSSR count). The van der Waals surface area contributed by atoms with E-state index in [4.69, 9.17) is 16.3 Å². The van der Waals surface area contributed by atoms with Crippen molar-refractivity contribution in [2.45, 2.75) is 25.0 Å². The van der Waals surface area contributed by atoms with Crippen LogP contribution in [-0.4, -0.2) is 40.5 Å². The summed E-state index contributed by atoms with van der Waals surface area (Å²) in [6.07, 6.45) is 3.86. The van der Waals surface area contributed by atoms with E-state index >= 15 is 0 Å². The van der Waals surface area contributed by atoms with Crippen LogP contribution in [0.2, 0.25) is 5.02 Å². The maximum absolute atomic E-state index is 13.9. The molecule has 1 aliphatic rings. The average molecular weight is 338 g/mol. The molecule has 5 nitrogen and oxygen atoms in total. The zero-order chi connectivity index (χ0) is 16.4. The fourth-order valence-electron chi connectivity index (χ4n) is 2.92. The van der Waals surface area contributed by atoms with E-state index < -0.39 is 5.82 Å². The van der Waals surface area contributed by atoms with Gasteiger partial charge in [-0.25, -0.2) is 9.37 Å². The minimum Gasteiger partial charge on any atom is -0.380 e. The molecule has 1 fully saturated rings. The Labute approximate surface area is 138 Å². The molecule has 0 bridgehead atoms. The minimum absolute atomic E-state index is 0.0647. The van der Waals surface area contributed by atoms with Gasteiger partial charge in [-0.1, -0.05) is 17.7 Å². The second-order valence-corrected chi connectivity index (χ2v) is 5.91. The minimum atomic E-state index is -0.470. The van der Waals surface area contributed by atoms with E-state index in [1.807, 2.05) is 0 Å². The third-order valence-corrected chi connectivity index (χ3v) is 4.50. The summed E-state index contributed by atoms with van der Waals surface area (Å²) in [6.45, 7) is 0.451. The second-order valence-electron chi connectivity index (χ2n) is 5.51. The third kappa shape index (κ3) is 3.23. The molecule has 1 aliphatic heterocycles. The molecule has 2 heterocycles. The number of halogens is 2. The molecule has 2 atom stereocenters. The molecular formula is C16H17ClFN3O2. The van der Waals surface area contributed by atoms with Gasteiger partial charge in [0.05, 0.1) is 18.6 Å². The van der Waals surface area contributed by atoms with Gasteiger partial charge < -0.3 is 14.6 Å². The molecule has 0 unspecified atom stereocenters. The van der Waals surface area contributed by atoms with E-state index in [9.17, 15) is 9.18 Å². The fraction of sp³-hybridized carbons (Fsp3) is 0.375. The largest absolute Gasteiger partial charge is 0.380 e. The first-order chi connectivity index (χ1) is 11.1. The van der Waals surface area contributed by atoms with Gasteiger partial charge in [0, 0.05) is 43.1 Å². The van der Waals surface area contributed by atoms with Crippen molar-refractivity contribution in [1.82, 2.24) is 14.9 Å². The van der Waals surface area contributed by atoms with Crippen molar-refractivity contribution in [1.29, 1.82) is 0 Å². The molecular weight excluding hydrogens is 321 g/mol. The Hall–Kier alpha value is -1.92. The lowest BCUT2D eigenvalue weighted by Crippen LogP contribution is -2.33. The predicted octanol–water partition coefficient (Wildman–Crippen LogP) is 2.73. The quantitative estimate of drug-likeness (QED) is 0.933. The molecule has 1 saturated heterocycles. The van der Waals surface area contributed by atoms with Crippen molar-refractivity contribution in [3.05, 3.63) is 52.8 Å². The number of hydrogen-bond acceptors (Lipinski definition) is 3. The van der Waals surface area contributed by atoms with Crippen LogP contribution in [0, 0.1) is 5.82 Å². The van der Waals surface area contributed by atoms with Crippen molar-refractivity contribution in [3.63, 3.8) is 0 Å². The van der Waals surface area contributed by atoms with Gasteiger partial charge in [0.25, 0.3) is 0 Å². The Morgan fingerprint density at radius 2 is 2.39 bits per heavy atom. The van der Waals surface area contributed by atoms with Crippen LogP contribution in [0.5, 0.6) is 0 Å². The standard InChI is InChI=1S/C16H17ClFN3O2/c1-23-10-7-14(16-19-5-6-20-16)21(9-10)15(22)8-11-12(17)3-2-4-13(11)18/h2-6,10,14H,7-9H2,1H3,(H,19,20)/t10-,14+/m1/s1. The first-order valence-electron chi connectivity index (χ1n) is 7.34. The number of rotatable bonds is 4. The van der Waals surface area contributed by atoms with Crippen molar-refractivity contribution in [3.8, 4) is 0 Å². The summed E-state index contributed by atoms with van der Waals surface area (Å²) in [7, 11) is 1.62. The van der Waals surface area contributed by atoms with E-state index in [-0.39, 0.29) is 35.1 Å². The molecule has 0 aliphatic carbocycles. The van der Waals surface area contributed by atoms with Crippen LogP contribution in [0.1, 0.15) is 23.9 Å². The van der Waals surface area contributed by atoms with Crippen LogP contribution in [0.25, 0.3) is 0 Å². The number of nitrogens with zero attached hydrogens (tertiary/aromatic N) is 2. The zero-order valence-corrected chi connectivity index (χ0v) is 13.4. The third-order valence-electron chi connectivity index (χ3n) is 4.14. The van der Waals surface area contributed by atoms with Gasteiger partial charge in [0.15, 0.2) is 0 Å². The number of methoxy groups -OCH3 is 1. The van der Waals surface area contributed by atoms with E-state index in [1.165, 1.54) is 12.1 Å². The summed E-state index contributed by atoms with van der Waals surface area (Å²) in [6, 6.07) is 4.21. The predicted molar refractivity (Wildman–Crippen MR) is 83.6 cm³/mol. The number of aromatic nitrogens is 2. The summed E-state index contributed by atoms with van der Waals surface area (Å²) in [5.41, 5.74) is 0.221. The Kier molecular flexibility index (Phi) is 4.63. The van der Waals surface area contributed by atoms with Crippen LogP contribution in [0.4, 0.5) is 4.39 Å². The summed E-state index contributed by atoms with van der Waals surface area (Å²) in [5.74, 6) is 0.0402. The number of carbonyl (C=O) groups is 1. The smallest absolute Gasteiger partial charge is 0.227 e. The number of likely N-dealkylation sites (tertiary alicyclic amines) is 1. The monoisotopic (exact) mass is 337 g/mol. The van der Waals surface area contributed by atoms with Gasteiger partial charge in [-0.3, -0.25) is 4.79 Å². The topological polar surface area (TPSA) is 58.2 Å². The summed E-state index contributed by atoms with van der Waals surface area (Å²) >= 11 is 6.02. The first-order valence-corrected chi connectivity index (χ1v) is 7.72. The molecule has 0 radical (unpaired) electrons. The molecule has 122 valence electrons. The molecule has 0 saturated carbocycles. The first kappa shape index (κ1) is 16.0. The van der Waals surface area contributed by atoms with Crippen molar-refractivity contribution in [2.75, 3.05) is 13.7 Å². The average Bonchev–Trinajstić information content (AvgIpc) is 3.19. The van der Waals surface area contributed by atoms with Gasteiger partial charge in [-0.2, -0.15) is 0 Å². The highest BCUT2D eigenvalue weighted by molar-refractivity contribution is 6.31. The highest BCUT2D eigenvalue weighted by atomic mass is 35.5. The maximum atomic E-state index is 13.9. The summed E-state index contributed by atoms with van der Waals surface area (Å²) < 4.78 is 19.3. The van der Waals surface area contributed by atoms with Crippen LogP contribution in [0.3, 0.4) is 0 Å². The van der Waals surface area contributed by atoms with Gasteiger partial charge in [-0.05, 0) is 12.1 Å². The fourth-order valence-corrected chi connectivity index (χ4v) is 3.15. The molecule has 23 heavy (non-hydrogen) atoms. The molecule has 2 aromatic rings. The number of imidazole rings is 1. The number of carbonyl (C=O) groups excluding carboxylic acids is 1. The van der Waals surface area contributed by atoms with Crippen LogP contribution in [0.15, 0.2) is 30.6 Å². The van der Waals surface area contributed by atoms with Crippen molar-refractivity contribution >= 4 is 17.5 Å². The lowest BCUT2D eigenvalue weighted by Gasteiger charge is -2.23. The SMILES string of the molecule is CO[C@@H]1C[C@@H](c2ncc[nH]2)N(C(=O)Cc2c(F)cccc2Cl)C1. The second kappa shape index (κ2) is 6.68. The Bertz CT molecular complexity index is 672. The number of aromatic amines is 1. The molecule has 7 heteroatoms. The summed E-state index contributed by atoms with van der Waals surface area (Å²) in [5, 5.41) is 0.260. The van der Waals surface area contributed by atoms with Crippen LogP contribution in [-0.2, 0) is 16.0 Å².